The van der Waals surface area contributed by atoms with Crippen molar-refractivity contribution in [1.29, 1.82) is 0 Å². The van der Waals surface area contributed by atoms with E-state index in [-0.39, 0.29) is 24.5 Å². The summed E-state index contributed by atoms with van der Waals surface area (Å²) in [6.45, 7) is 0.943. The van der Waals surface area contributed by atoms with Crippen molar-refractivity contribution in [3.05, 3.63) is 35.9 Å². The molecular weight excluding hydrogens is 282 g/mol. The first kappa shape index (κ1) is 16.5. The fraction of sp³-hybridized carbons (Fsp3) is 0.500. The molecule has 1 fully saturated rings. The van der Waals surface area contributed by atoms with Crippen molar-refractivity contribution in [2.75, 3.05) is 19.6 Å². The van der Waals surface area contributed by atoms with Crippen molar-refractivity contribution in [1.82, 2.24) is 10.6 Å². The third kappa shape index (κ3) is 5.13. The molecule has 1 aromatic carbocycles. The standard InChI is InChI=1S/C16H23N3O3/c17-10-13-6-7-14(22-13)16(21)19-11-15(20)18-9-8-12-4-2-1-3-5-12/h1-5,13-14H,6-11,17H2,(H,18,20)(H,19,21)/t13-,14+/m1/s1. The Morgan fingerprint density at radius 3 is 2.64 bits per heavy atom. The molecule has 0 aliphatic carbocycles. The second-order valence-electron chi connectivity index (χ2n) is 5.36. The maximum atomic E-state index is 11.8. The first-order valence-electron chi connectivity index (χ1n) is 7.63. The van der Waals surface area contributed by atoms with Crippen molar-refractivity contribution in [2.45, 2.75) is 31.5 Å². The summed E-state index contributed by atoms with van der Waals surface area (Å²) in [6.07, 6.45) is 1.69. The van der Waals surface area contributed by atoms with Crippen LogP contribution in [0.3, 0.4) is 0 Å². The second kappa shape index (κ2) is 8.51. The predicted octanol–water partition coefficient (Wildman–Crippen LogP) is -0.0322. The number of amides is 2. The number of nitrogens with two attached hydrogens (primary N) is 1. The van der Waals surface area contributed by atoms with Crippen LogP contribution < -0.4 is 16.4 Å². The van der Waals surface area contributed by atoms with E-state index in [1.807, 2.05) is 30.3 Å². The fourth-order valence-electron chi connectivity index (χ4n) is 2.41. The lowest BCUT2D eigenvalue weighted by atomic mass is 10.1. The zero-order chi connectivity index (χ0) is 15.8. The van der Waals surface area contributed by atoms with Gasteiger partial charge in [-0.1, -0.05) is 30.3 Å². The Kier molecular flexibility index (Phi) is 6.36. The first-order chi connectivity index (χ1) is 10.7. The molecule has 6 nitrogen and oxygen atoms in total. The Morgan fingerprint density at radius 2 is 1.95 bits per heavy atom. The van der Waals surface area contributed by atoms with Gasteiger partial charge in [-0.15, -0.1) is 0 Å². The van der Waals surface area contributed by atoms with Crippen LogP contribution in [-0.2, 0) is 20.7 Å². The average molecular weight is 305 g/mol. The number of nitrogens with one attached hydrogen (secondary N) is 2. The molecule has 1 aliphatic rings. The minimum Gasteiger partial charge on any atom is -0.364 e. The molecule has 0 aromatic heterocycles. The Balaban J connectivity index is 1.60. The summed E-state index contributed by atoms with van der Waals surface area (Å²) in [5, 5.41) is 5.38. The Morgan fingerprint density at radius 1 is 1.18 bits per heavy atom. The molecule has 1 saturated heterocycles. The number of hydrogen-bond donors (Lipinski definition) is 3. The topological polar surface area (TPSA) is 93.5 Å². The van der Waals surface area contributed by atoms with Gasteiger partial charge in [0.2, 0.25) is 11.8 Å². The molecule has 4 N–H and O–H groups in total. The largest absolute Gasteiger partial charge is 0.364 e. The number of benzene rings is 1. The lowest BCUT2D eigenvalue weighted by molar-refractivity contribution is -0.133. The van der Waals surface area contributed by atoms with Crippen molar-refractivity contribution in [2.24, 2.45) is 5.73 Å². The van der Waals surface area contributed by atoms with Crippen LogP contribution in [0.2, 0.25) is 0 Å². The summed E-state index contributed by atoms with van der Waals surface area (Å²) < 4.78 is 5.47. The van der Waals surface area contributed by atoms with Gasteiger partial charge in [0, 0.05) is 13.1 Å². The summed E-state index contributed by atoms with van der Waals surface area (Å²) in [5.74, 6) is -0.438. The summed E-state index contributed by atoms with van der Waals surface area (Å²) in [6, 6.07) is 9.91. The third-order valence-electron chi connectivity index (χ3n) is 3.66. The van der Waals surface area contributed by atoms with Gasteiger partial charge in [-0.05, 0) is 24.8 Å². The minimum atomic E-state index is -0.481. The molecular formula is C16H23N3O3. The SMILES string of the molecule is NC[C@H]1CC[C@@H](C(=O)NCC(=O)NCCc2ccccc2)O1. The van der Waals surface area contributed by atoms with Crippen molar-refractivity contribution in [3.8, 4) is 0 Å². The van der Waals surface area contributed by atoms with E-state index in [0.29, 0.717) is 19.5 Å². The molecule has 120 valence electrons. The van der Waals surface area contributed by atoms with Crippen LogP contribution in [0.1, 0.15) is 18.4 Å². The smallest absolute Gasteiger partial charge is 0.249 e. The normalized spacial score (nSPS) is 20.6. The van der Waals surface area contributed by atoms with Crippen LogP contribution in [-0.4, -0.2) is 43.7 Å². The first-order valence-corrected chi connectivity index (χ1v) is 7.63. The van der Waals surface area contributed by atoms with Crippen LogP contribution in [0.4, 0.5) is 0 Å². The predicted molar refractivity (Wildman–Crippen MR) is 83.1 cm³/mol. The van der Waals surface area contributed by atoms with Crippen LogP contribution in [0.25, 0.3) is 0 Å². The highest BCUT2D eigenvalue weighted by Crippen LogP contribution is 2.18. The van der Waals surface area contributed by atoms with Gasteiger partial charge in [0.25, 0.3) is 0 Å². The van der Waals surface area contributed by atoms with Crippen molar-refractivity contribution >= 4 is 11.8 Å². The molecule has 0 unspecified atom stereocenters. The maximum Gasteiger partial charge on any atom is 0.249 e. The minimum absolute atomic E-state index is 0.0270. The summed E-state index contributed by atoms with van der Waals surface area (Å²) >= 11 is 0. The highest BCUT2D eigenvalue weighted by atomic mass is 16.5. The molecule has 2 atom stereocenters. The van der Waals surface area contributed by atoms with Gasteiger partial charge in [0.15, 0.2) is 0 Å². The lowest BCUT2D eigenvalue weighted by Gasteiger charge is -2.12. The van der Waals surface area contributed by atoms with E-state index in [9.17, 15) is 9.59 Å². The molecule has 0 radical (unpaired) electrons. The molecule has 1 aromatic rings. The van der Waals surface area contributed by atoms with Gasteiger partial charge in [-0.3, -0.25) is 9.59 Å². The van der Waals surface area contributed by atoms with E-state index in [1.165, 1.54) is 5.56 Å². The van der Waals surface area contributed by atoms with Gasteiger partial charge < -0.3 is 21.1 Å². The van der Waals surface area contributed by atoms with Crippen molar-refractivity contribution in [3.63, 3.8) is 0 Å². The monoisotopic (exact) mass is 305 g/mol. The van der Waals surface area contributed by atoms with Crippen LogP contribution in [0.15, 0.2) is 30.3 Å². The summed E-state index contributed by atoms with van der Waals surface area (Å²) in [7, 11) is 0. The van der Waals surface area contributed by atoms with Gasteiger partial charge in [0.05, 0.1) is 12.6 Å². The zero-order valence-electron chi connectivity index (χ0n) is 12.6. The van der Waals surface area contributed by atoms with E-state index in [4.69, 9.17) is 10.5 Å². The van der Waals surface area contributed by atoms with E-state index in [1.54, 1.807) is 0 Å². The molecule has 22 heavy (non-hydrogen) atoms. The zero-order valence-corrected chi connectivity index (χ0v) is 12.6. The Hall–Kier alpha value is -1.92. The number of carbonyl (C=O) groups is 2. The number of hydrogen-bond acceptors (Lipinski definition) is 4. The molecule has 6 heteroatoms. The molecule has 0 spiro atoms. The van der Waals surface area contributed by atoms with E-state index in [2.05, 4.69) is 10.6 Å². The van der Waals surface area contributed by atoms with Gasteiger partial charge in [0.1, 0.15) is 6.10 Å². The molecule has 0 saturated carbocycles. The van der Waals surface area contributed by atoms with Crippen LogP contribution in [0, 0.1) is 0 Å². The summed E-state index contributed by atoms with van der Waals surface area (Å²) in [4.78, 5) is 23.5. The second-order valence-corrected chi connectivity index (χ2v) is 5.36. The third-order valence-corrected chi connectivity index (χ3v) is 3.66. The molecule has 1 heterocycles. The van der Waals surface area contributed by atoms with Gasteiger partial charge in [-0.25, -0.2) is 0 Å². The molecule has 1 aliphatic heterocycles. The maximum absolute atomic E-state index is 11.8. The number of carbonyl (C=O) groups excluding carboxylic acids is 2. The van der Waals surface area contributed by atoms with E-state index in [0.717, 1.165) is 12.8 Å². The Bertz CT molecular complexity index is 493. The number of rotatable bonds is 7. The van der Waals surface area contributed by atoms with Gasteiger partial charge in [-0.2, -0.15) is 0 Å². The summed E-state index contributed by atoms with van der Waals surface area (Å²) in [5.41, 5.74) is 6.67. The fourth-order valence-corrected chi connectivity index (χ4v) is 2.41. The quantitative estimate of drug-likeness (QED) is 0.659. The number of ether oxygens (including phenoxy) is 1. The Labute approximate surface area is 130 Å². The molecule has 2 rings (SSSR count). The van der Waals surface area contributed by atoms with Crippen LogP contribution >= 0.6 is 0 Å². The highest BCUT2D eigenvalue weighted by Gasteiger charge is 2.29. The van der Waals surface area contributed by atoms with Crippen molar-refractivity contribution < 1.29 is 14.3 Å². The van der Waals surface area contributed by atoms with Gasteiger partial charge >= 0.3 is 0 Å². The lowest BCUT2D eigenvalue weighted by Crippen LogP contribution is -2.42. The molecule has 2 amide bonds. The average Bonchev–Trinajstić information content (AvgIpc) is 3.03. The van der Waals surface area contributed by atoms with Crippen LogP contribution in [0.5, 0.6) is 0 Å². The highest BCUT2D eigenvalue weighted by molar-refractivity contribution is 5.87. The van der Waals surface area contributed by atoms with E-state index < -0.39 is 6.10 Å². The van der Waals surface area contributed by atoms with E-state index >= 15 is 0 Å². The molecule has 0 bridgehead atoms.